The smallest absolute Gasteiger partial charge is 0.315 e. The van der Waals surface area contributed by atoms with E-state index in [1.165, 1.54) is 0 Å². The lowest BCUT2D eigenvalue weighted by Crippen LogP contribution is -2.42. The van der Waals surface area contributed by atoms with Crippen LogP contribution in [-0.2, 0) is 4.79 Å². The van der Waals surface area contributed by atoms with Gasteiger partial charge in [-0.3, -0.25) is 4.79 Å². The highest BCUT2D eigenvalue weighted by molar-refractivity contribution is 7.10. The van der Waals surface area contributed by atoms with Crippen LogP contribution in [0, 0.1) is 0 Å². The molecule has 0 aliphatic carbocycles. The first-order chi connectivity index (χ1) is 9.52. The highest BCUT2D eigenvalue weighted by Crippen LogP contribution is 2.22. The minimum absolute atomic E-state index is 0.0201. The van der Waals surface area contributed by atoms with Crippen molar-refractivity contribution in [1.82, 2.24) is 10.6 Å². The summed E-state index contributed by atoms with van der Waals surface area (Å²) < 4.78 is 0. The SMILES string of the molecule is CCCC(NC(=O)NC(C)CCC(=O)O)c1cccs1. The fourth-order valence-electron chi connectivity index (χ4n) is 1.90. The number of rotatable bonds is 8. The summed E-state index contributed by atoms with van der Waals surface area (Å²) in [5, 5.41) is 16.3. The lowest BCUT2D eigenvalue weighted by molar-refractivity contribution is -0.137. The van der Waals surface area contributed by atoms with E-state index in [0.29, 0.717) is 6.42 Å². The van der Waals surface area contributed by atoms with Gasteiger partial charge in [-0.15, -0.1) is 11.3 Å². The molecule has 1 rings (SSSR count). The zero-order chi connectivity index (χ0) is 15.0. The number of carboxylic acids is 1. The Kier molecular flexibility index (Phi) is 7.08. The van der Waals surface area contributed by atoms with E-state index in [0.717, 1.165) is 17.7 Å². The Balaban J connectivity index is 2.44. The van der Waals surface area contributed by atoms with Gasteiger partial charge in [0.25, 0.3) is 0 Å². The molecule has 0 spiro atoms. The van der Waals surface area contributed by atoms with Gasteiger partial charge >= 0.3 is 12.0 Å². The highest BCUT2D eigenvalue weighted by Gasteiger charge is 2.16. The zero-order valence-corrected chi connectivity index (χ0v) is 12.7. The Bertz CT molecular complexity index is 420. The van der Waals surface area contributed by atoms with Gasteiger partial charge in [-0.05, 0) is 31.2 Å². The maximum absolute atomic E-state index is 11.9. The van der Waals surface area contributed by atoms with Crippen LogP contribution in [0.1, 0.15) is 50.4 Å². The van der Waals surface area contributed by atoms with Gasteiger partial charge in [0, 0.05) is 17.3 Å². The lowest BCUT2D eigenvalue weighted by Gasteiger charge is -2.19. The van der Waals surface area contributed by atoms with E-state index in [1.54, 1.807) is 11.3 Å². The molecule has 0 saturated carbocycles. The third-order valence-electron chi connectivity index (χ3n) is 2.94. The summed E-state index contributed by atoms with van der Waals surface area (Å²) in [6.07, 6.45) is 2.36. The quantitative estimate of drug-likeness (QED) is 0.690. The Hall–Kier alpha value is -1.56. The van der Waals surface area contributed by atoms with Gasteiger partial charge in [-0.1, -0.05) is 19.4 Å². The van der Waals surface area contributed by atoms with Gasteiger partial charge in [0.15, 0.2) is 0 Å². The summed E-state index contributed by atoms with van der Waals surface area (Å²) in [4.78, 5) is 23.5. The molecular weight excluding hydrogens is 276 g/mol. The number of carboxylic acid groups (broad SMARTS) is 1. The van der Waals surface area contributed by atoms with E-state index < -0.39 is 5.97 Å². The number of hydrogen-bond donors (Lipinski definition) is 3. The largest absolute Gasteiger partial charge is 0.481 e. The molecule has 112 valence electrons. The molecule has 0 fully saturated rings. The summed E-state index contributed by atoms with van der Waals surface area (Å²) in [6, 6.07) is 3.61. The van der Waals surface area contributed by atoms with Gasteiger partial charge in [0.05, 0.1) is 6.04 Å². The number of aliphatic carboxylic acids is 1. The van der Waals surface area contributed by atoms with Gasteiger partial charge in [-0.2, -0.15) is 0 Å². The van der Waals surface area contributed by atoms with Crippen molar-refractivity contribution in [1.29, 1.82) is 0 Å². The molecule has 6 heteroatoms. The molecule has 0 aromatic carbocycles. The highest BCUT2D eigenvalue weighted by atomic mass is 32.1. The molecule has 0 saturated heterocycles. The fraction of sp³-hybridized carbons (Fsp3) is 0.571. The minimum atomic E-state index is -0.846. The van der Waals surface area contributed by atoms with Crippen LogP contribution in [0.15, 0.2) is 17.5 Å². The predicted octanol–water partition coefficient (Wildman–Crippen LogP) is 3.14. The van der Waals surface area contributed by atoms with Crippen molar-refractivity contribution in [3.05, 3.63) is 22.4 Å². The Morgan fingerprint density at radius 3 is 2.65 bits per heavy atom. The maximum atomic E-state index is 11.9. The van der Waals surface area contributed by atoms with E-state index >= 15 is 0 Å². The molecule has 2 unspecified atom stereocenters. The summed E-state index contributed by atoms with van der Waals surface area (Å²) in [5.74, 6) is -0.846. The van der Waals surface area contributed by atoms with Crippen molar-refractivity contribution in [2.45, 2.75) is 51.6 Å². The van der Waals surface area contributed by atoms with E-state index in [1.807, 2.05) is 24.4 Å². The number of amides is 2. The molecule has 0 aliphatic rings. The molecular formula is C14H22N2O3S. The number of carbonyl (C=O) groups is 2. The third kappa shape index (κ3) is 6.06. The number of carbonyl (C=O) groups excluding carboxylic acids is 1. The van der Waals surface area contributed by atoms with Crippen LogP contribution >= 0.6 is 11.3 Å². The second kappa shape index (κ2) is 8.58. The summed E-state index contributed by atoms with van der Waals surface area (Å²) >= 11 is 1.63. The normalized spacial score (nSPS) is 13.5. The molecule has 1 aromatic heterocycles. The van der Waals surface area contributed by atoms with E-state index in [-0.39, 0.29) is 24.5 Å². The molecule has 0 aliphatic heterocycles. The van der Waals surface area contributed by atoms with E-state index in [4.69, 9.17) is 5.11 Å². The molecule has 1 aromatic rings. The van der Waals surface area contributed by atoms with Gasteiger partial charge in [0.1, 0.15) is 0 Å². The number of thiophene rings is 1. The average Bonchev–Trinajstić information content (AvgIpc) is 2.89. The molecule has 5 nitrogen and oxygen atoms in total. The molecule has 2 amide bonds. The Morgan fingerprint density at radius 2 is 2.10 bits per heavy atom. The molecule has 3 N–H and O–H groups in total. The second-order valence-electron chi connectivity index (χ2n) is 4.81. The first-order valence-corrected chi connectivity index (χ1v) is 7.73. The van der Waals surface area contributed by atoms with Crippen LogP contribution in [0.5, 0.6) is 0 Å². The molecule has 2 atom stereocenters. The number of urea groups is 1. The van der Waals surface area contributed by atoms with Crippen LogP contribution in [0.2, 0.25) is 0 Å². The van der Waals surface area contributed by atoms with Crippen molar-refractivity contribution in [3.63, 3.8) is 0 Å². The summed E-state index contributed by atoms with van der Waals surface area (Å²) in [7, 11) is 0. The van der Waals surface area contributed by atoms with Crippen molar-refractivity contribution >= 4 is 23.3 Å². The maximum Gasteiger partial charge on any atom is 0.315 e. The first kappa shape index (κ1) is 16.5. The van der Waals surface area contributed by atoms with Crippen LogP contribution in [-0.4, -0.2) is 23.1 Å². The van der Waals surface area contributed by atoms with Crippen LogP contribution < -0.4 is 10.6 Å². The van der Waals surface area contributed by atoms with Crippen molar-refractivity contribution in [2.24, 2.45) is 0 Å². The Morgan fingerprint density at radius 1 is 1.35 bits per heavy atom. The van der Waals surface area contributed by atoms with E-state index in [2.05, 4.69) is 17.6 Å². The topological polar surface area (TPSA) is 78.4 Å². The summed E-state index contributed by atoms with van der Waals surface area (Å²) in [5.41, 5.74) is 0. The third-order valence-corrected chi connectivity index (χ3v) is 3.92. The van der Waals surface area contributed by atoms with Crippen molar-refractivity contribution in [2.75, 3.05) is 0 Å². The van der Waals surface area contributed by atoms with Gasteiger partial charge in [-0.25, -0.2) is 4.79 Å². The van der Waals surface area contributed by atoms with Crippen molar-refractivity contribution < 1.29 is 14.7 Å². The van der Waals surface area contributed by atoms with Crippen LogP contribution in [0.3, 0.4) is 0 Å². The zero-order valence-electron chi connectivity index (χ0n) is 11.9. The first-order valence-electron chi connectivity index (χ1n) is 6.85. The summed E-state index contributed by atoms with van der Waals surface area (Å²) in [6.45, 7) is 3.89. The van der Waals surface area contributed by atoms with Crippen molar-refractivity contribution in [3.8, 4) is 0 Å². The Labute approximate surface area is 123 Å². The standard InChI is InChI=1S/C14H22N2O3S/c1-3-5-11(12-6-4-9-20-12)16-14(19)15-10(2)7-8-13(17)18/h4,6,9-11H,3,5,7-8H2,1-2H3,(H,17,18)(H2,15,16,19). The molecule has 1 heterocycles. The van der Waals surface area contributed by atoms with E-state index in [9.17, 15) is 9.59 Å². The number of nitrogens with one attached hydrogen (secondary N) is 2. The predicted molar refractivity (Wildman–Crippen MR) is 80.0 cm³/mol. The number of hydrogen-bond acceptors (Lipinski definition) is 3. The van der Waals surface area contributed by atoms with Gasteiger partial charge < -0.3 is 15.7 Å². The second-order valence-corrected chi connectivity index (χ2v) is 5.79. The minimum Gasteiger partial charge on any atom is -0.481 e. The van der Waals surface area contributed by atoms with Crippen LogP contribution in [0.25, 0.3) is 0 Å². The molecule has 20 heavy (non-hydrogen) atoms. The lowest BCUT2D eigenvalue weighted by atomic mass is 10.1. The van der Waals surface area contributed by atoms with Crippen LogP contribution in [0.4, 0.5) is 4.79 Å². The fourth-order valence-corrected chi connectivity index (χ4v) is 2.71. The monoisotopic (exact) mass is 298 g/mol. The molecule has 0 bridgehead atoms. The molecule has 0 radical (unpaired) electrons. The average molecular weight is 298 g/mol. The van der Waals surface area contributed by atoms with Gasteiger partial charge in [0.2, 0.25) is 0 Å².